The summed E-state index contributed by atoms with van der Waals surface area (Å²) >= 11 is 0. The Hall–Kier alpha value is -1.50. The molecule has 0 aliphatic heterocycles. The molecule has 0 saturated heterocycles. The molecule has 0 aliphatic carbocycles. The summed E-state index contributed by atoms with van der Waals surface area (Å²) in [6.45, 7) is 5.64. The molecule has 0 amide bonds. The van der Waals surface area contributed by atoms with E-state index >= 15 is 0 Å². The van der Waals surface area contributed by atoms with Crippen molar-refractivity contribution in [1.82, 2.24) is 9.78 Å². The molecule has 0 atom stereocenters. The Labute approximate surface area is 77.7 Å². The number of aromatic nitrogens is 2. The molecule has 1 heterocycles. The fourth-order valence-corrected chi connectivity index (χ4v) is 1.12. The van der Waals surface area contributed by atoms with Crippen LogP contribution in [0.2, 0.25) is 0 Å². The van der Waals surface area contributed by atoms with Crippen molar-refractivity contribution in [3.05, 3.63) is 11.3 Å². The van der Waals surface area contributed by atoms with Gasteiger partial charge in [-0.2, -0.15) is 10.4 Å². The predicted octanol–water partition coefficient (Wildman–Crippen LogP) is 1.39. The molecule has 1 rings (SSSR count). The molecule has 13 heavy (non-hydrogen) atoms. The number of nitrogens with zero attached hydrogens (tertiary/aromatic N) is 3. The summed E-state index contributed by atoms with van der Waals surface area (Å²) in [4.78, 5) is 0. The van der Waals surface area contributed by atoms with Gasteiger partial charge in [-0.3, -0.25) is 0 Å². The van der Waals surface area contributed by atoms with E-state index in [0.29, 0.717) is 17.1 Å². The standard InChI is InChI=1S/C9H13N3O/c1-6(2)13-9-8(5-10)7(3)11-12(9)4/h6H,1-4H3. The van der Waals surface area contributed by atoms with Crippen molar-refractivity contribution >= 4 is 0 Å². The van der Waals surface area contributed by atoms with Gasteiger partial charge < -0.3 is 4.74 Å². The molecule has 70 valence electrons. The number of hydrogen-bond donors (Lipinski definition) is 0. The molecule has 0 saturated carbocycles. The van der Waals surface area contributed by atoms with Gasteiger partial charge in [0.1, 0.15) is 11.6 Å². The normalized spacial score (nSPS) is 10.2. The van der Waals surface area contributed by atoms with E-state index < -0.39 is 0 Å². The van der Waals surface area contributed by atoms with E-state index in [2.05, 4.69) is 11.2 Å². The number of hydrogen-bond acceptors (Lipinski definition) is 3. The summed E-state index contributed by atoms with van der Waals surface area (Å²) in [5.74, 6) is 0.551. The third kappa shape index (κ3) is 1.81. The first-order chi connectivity index (χ1) is 6.06. The lowest BCUT2D eigenvalue weighted by molar-refractivity contribution is 0.221. The molecule has 0 N–H and O–H groups in total. The Balaban J connectivity index is 3.12. The second-order valence-electron chi connectivity index (χ2n) is 3.17. The third-order valence-corrected chi connectivity index (χ3v) is 1.63. The van der Waals surface area contributed by atoms with E-state index in [1.165, 1.54) is 0 Å². The fraction of sp³-hybridized carbons (Fsp3) is 0.556. The molecule has 1 aromatic heterocycles. The van der Waals surface area contributed by atoms with Crippen LogP contribution in [0.25, 0.3) is 0 Å². The minimum Gasteiger partial charge on any atom is -0.474 e. The Morgan fingerprint density at radius 1 is 1.54 bits per heavy atom. The average molecular weight is 179 g/mol. The zero-order valence-electron chi connectivity index (χ0n) is 8.33. The van der Waals surface area contributed by atoms with Crippen molar-refractivity contribution in [3.8, 4) is 11.9 Å². The van der Waals surface area contributed by atoms with Crippen LogP contribution in [0.4, 0.5) is 0 Å². The van der Waals surface area contributed by atoms with Crippen LogP contribution >= 0.6 is 0 Å². The largest absolute Gasteiger partial charge is 0.474 e. The van der Waals surface area contributed by atoms with E-state index in [1.54, 1.807) is 18.7 Å². The molecule has 0 bridgehead atoms. The quantitative estimate of drug-likeness (QED) is 0.689. The third-order valence-electron chi connectivity index (χ3n) is 1.63. The highest BCUT2D eigenvalue weighted by atomic mass is 16.5. The van der Waals surface area contributed by atoms with Gasteiger partial charge in [0.15, 0.2) is 0 Å². The smallest absolute Gasteiger partial charge is 0.230 e. The molecule has 0 spiro atoms. The van der Waals surface area contributed by atoms with Crippen molar-refractivity contribution in [2.75, 3.05) is 0 Å². The maximum atomic E-state index is 8.84. The molecule has 0 aromatic carbocycles. The Bertz CT molecular complexity index is 346. The van der Waals surface area contributed by atoms with Gasteiger partial charge in [0.25, 0.3) is 0 Å². The van der Waals surface area contributed by atoms with E-state index in [1.807, 2.05) is 13.8 Å². The highest BCUT2D eigenvalue weighted by Gasteiger charge is 2.14. The fourth-order valence-electron chi connectivity index (χ4n) is 1.12. The highest BCUT2D eigenvalue weighted by Crippen LogP contribution is 2.20. The summed E-state index contributed by atoms with van der Waals surface area (Å²) in [6, 6.07) is 2.08. The number of aryl methyl sites for hydroxylation is 2. The Morgan fingerprint density at radius 3 is 2.62 bits per heavy atom. The van der Waals surface area contributed by atoms with Crippen LogP contribution < -0.4 is 4.74 Å². The number of ether oxygens (including phenoxy) is 1. The first-order valence-electron chi connectivity index (χ1n) is 4.16. The molecule has 0 radical (unpaired) electrons. The van der Waals surface area contributed by atoms with E-state index in [0.717, 1.165) is 0 Å². The number of nitriles is 1. The maximum absolute atomic E-state index is 8.84. The minimum absolute atomic E-state index is 0.0573. The summed E-state index contributed by atoms with van der Waals surface area (Å²) in [5, 5.41) is 12.9. The minimum atomic E-state index is 0.0573. The van der Waals surface area contributed by atoms with Crippen LogP contribution in [0, 0.1) is 18.3 Å². The van der Waals surface area contributed by atoms with Crippen LogP contribution in [-0.2, 0) is 7.05 Å². The summed E-state index contributed by atoms with van der Waals surface area (Å²) in [6.07, 6.45) is 0.0573. The van der Waals surface area contributed by atoms with Crippen molar-refractivity contribution in [2.24, 2.45) is 7.05 Å². The van der Waals surface area contributed by atoms with Gasteiger partial charge in [-0.1, -0.05) is 0 Å². The molecule has 4 heteroatoms. The first-order valence-corrected chi connectivity index (χ1v) is 4.16. The van der Waals surface area contributed by atoms with Gasteiger partial charge in [-0.25, -0.2) is 4.68 Å². The van der Waals surface area contributed by atoms with Crippen LogP contribution in [0.5, 0.6) is 5.88 Å². The summed E-state index contributed by atoms with van der Waals surface area (Å²) in [7, 11) is 1.77. The van der Waals surface area contributed by atoms with Crippen LogP contribution in [0.3, 0.4) is 0 Å². The van der Waals surface area contributed by atoms with Crippen LogP contribution in [-0.4, -0.2) is 15.9 Å². The van der Waals surface area contributed by atoms with E-state index in [-0.39, 0.29) is 6.10 Å². The molecule has 0 unspecified atom stereocenters. The first kappa shape index (κ1) is 9.59. The van der Waals surface area contributed by atoms with Crippen LogP contribution in [0.1, 0.15) is 25.1 Å². The van der Waals surface area contributed by atoms with E-state index in [4.69, 9.17) is 10.00 Å². The topological polar surface area (TPSA) is 50.8 Å². The second-order valence-corrected chi connectivity index (χ2v) is 3.17. The van der Waals surface area contributed by atoms with E-state index in [9.17, 15) is 0 Å². The number of rotatable bonds is 2. The lowest BCUT2D eigenvalue weighted by atomic mass is 10.3. The molecule has 4 nitrogen and oxygen atoms in total. The zero-order chi connectivity index (χ0) is 10.0. The van der Waals surface area contributed by atoms with Gasteiger partial charge in [0, 0.05) is 7.05 Å². The predicted molar refractivity (Wildman–Crippen MR) is 48.4 cm³/mol. The van der Waals surface area contributed by atoms with Crippen molar-refractivity contribution in [3.63, 3.8) is 0 Å². The highest BCUT2D eigenvalue weighted by molar-refractivity contribution is 5.41. The van der Waals surface area contributed by atoms with Gasteiger partial charge in [0.2, 0.25) is 5.88 Å². The van der Waals surface area contributed by atoms with Crippen LogP contribution in [0.15, 0.2) is 0 Å². The molecule has 0 fully saturated rings. The molecular weight excluding hydrogens is 166 g/mol. The van der Waals surface area contributed by atoms with Gasteiger partial charge in [0.05, 0.1) is 11.8 Å². The summed E-state index contributed by atoms with van der Waals surface area (Å²) in [5.41, 5.74) is 1.23. The summed E-state index contributed by atoms with van der Waals surface area (Å²) < 4.78 is 7.06. The molecular formula is C9H13N3O. The lowest BCUT2D eigenvalue weighted by Gasteiger charge is -2.09. The zero-order valence-corrected chi connectivity index (χ0v) is 8.33. The Morgan fingerprint density at radius 2 is 2.15 bits per heavy atom. The van der Waals surface area contributed by atoms with Gasteiger partial charge in [-0.05, 0) is 20.8 Å². The maximum Gasteiger partial charge on any atom is 0.230 e. The van der Waals surface area contributed by atoms with Gasteiger partial charge >= 0.3 is 0 Å². The monoisotopic (exact) mass is 179 g/mol. The Kier molecular flexibility index (Phi) is 2.57. The second kappa shape index (κ2) is 3.48. The average Bonchev–Trinajstić information content (AvgIpc) is 2.26. The SMILES string of the molecule is Cc1nn(C)c(OC(C)C)c1C#N. The lowest BCUT2D eigenvalue weighted by Crippen LogP contribution is -2.09. The van der Waals surface area contributed by atoms with Crippen molar-refractivity contribution in [1.29, 1.82) is 5.26 Å². The van der Waals surface area contributed by atoms with Crippen molar-refractivity contribution < 1.29 is 4.74 Å². The van der Waals surface area contributed by atoms with Crippen molar-refractivity contribution in [2.45, 2.75) is 26.9 Å². The van der Waals surface area contributed by atoms with Gasteiger partial charge in [-0.15, -0.1) is 0 Å². The molecule has 1 aromatic rings. The molecule has 0 aliphatic rings.